The molecule has 0 rings (SSSR count). The number of ether oxygens (including phenoxy) is 2. The molecule has 5 heteroatoms. The minimum atomic E-state index is -0.370. The summed E-state index contributed by atoms with van der Waals surface area (Å²) in [6.45, 7) is 5.18. The Bertz CT molecular complexity index is 184. The van der Waals surface area contributed by atoms with E-state index in [2.05, 4.69) is 6.58 Å². The first-order valence-electron chi connectivity index (χ1n) is 5.01. The lowest BCUT2D eigenvalue weighted by Crippen LogP contribution is -2.15. The molecule has 0 radical (unpaired) electrons. The topological polar surface area (TPSA) is 44.8 Å². The van der Waals surface area contributed by atoms with Gasteiger partial charge in [0.1, 0.15) is 10.5 Å². The molecular formula is C10H20O4Si. The molecule has 0 aliphatic rings. The summed E-state index contributed by atoms with van der Waals surface area (Å²) in [6.07, 6.45) is 2.92. The van der Waals surface area contributed by atoms with E-state index in [-0.39, 0.29) is 5.97 Å². The van der Waals surface area contributed by atoms with Crippen molar-refractivity contribution in [1.82, 2.24) is 0 Å². The summed E-state index contributed by atoms with van der Waals surface area (Å²) >= 11 is 0. The Morgan fingerprint density at radius 1 is 1.47 bits per heavy atom. The molecule has 0 aromatic rings. The molecule has 1 atom stereocenters. The highest BCUT2D eigenvalue weighted by molar-refractivity contribution is 5.97. The Kier molecular flexibility index (Phi) is 9.45. The fourth-order valence-corrected chi connectivity index (χ4v) is 1.45. The minimum absolute atomic E-state index is 0.370. The summed E-state index contributed by atoms with van der Waals surface area (Å²) in [5.74, 6) is 0.0203. The zero-order valence-electron chi connectivity index (χ0n) is 9.53. The molecule has 0 aliphatic heterocycles. The van der Waals surface area contributed by atoms with Crippen LogP contribution in [-0.4, -0.2) is 43.4 Å². The minimum Gasteiger partial charge on any atom is -0.463 e. The highest BCUT2D eigenvalue weighted by atomic mass is 28.2. The average Bonchev–Trinajstić information content (AvgIpc) is 2.25. The zero-order valence-corrected chi connectivity index (χ0v) is 11.5. The number of carbonyl (C=O) groups is 1. The van der Waals surface area contributed by atoms with E-state index in [1.165, 1.54) is 6.08 Å². The van der Waals surface area contributed by atoms with Crippen LogP contribution in [0.15, 0.2) is 12.7 Å². The summed E-state index contributed by atoms with van der Waals surface area (Å²) in [7, 11) is 2.43. The smallest absolute Gasteiger partial charge is 0.330 e. The van der Waals surface area contributed by atoms with Crippen molar-refractivity contribution < 1.29 is 18.7 Å². The van der Waals surface area contributed by atoms with E-state index < -0.39 is 0 Å². The third-order valence-electron chi connectivity index (χ3n) is 2.07. The van der Waals surface area contributed by atoms with Crippen LogP contribution in [0.2, 0.25) is 0 Å². The molecule has 0 amide bonds. The van der Waals surface area contributed by atoms with E-state index in [9.17, 15) is 4.79 Å². The summed E-state index contributed by atoms with van der Waals surface area (Å²) in [5, 5.41) is 0. The Balaban J connectivity index is 3.64. The second kappa shape index (κ2) is 9.89. The number of hydrogen-bond acceptors (Lipinski definition) is 4. The maximum atomic E-state index is 10.8. The van der Waals surface area contributed by atoms with Crippen molar-refractivity contribution in [2.75, 3.05) is 26.9 Å². The Morgan fingerprint density at radius 3 is 2.67 bits per heavy atom. The maximum absolute atomic E-state index is 10.8. The molecule has 0 saturated carbocycles. The third kappa shape index (κ3) is 8.35. The fraction of sp³-hybridized carbons (Fsp3) is 0.700. The lowest BCUT2D eigenvalue weighted by molar-refractivity contribution is -0.138. The Morgan fingerprint density at radius 2 is 2.13 bits per heavy atom. The number of esters is 1. The number of hydrogen-bond donors (Lipinski definition) is 0. The molecule has 0 aromatic carbocycles. The van der Waals surface area contributed by atoms with Crippen molar-refractivity contribution in [2.24, 2.45) is 5.92 Å². The van der Waals surface area contributed by atoms with Gasteiger partial charge < -0.3 is 13.9 Å². The van der Waals surface area contributed by atoms with Crippen molar-refractivity contribution in [1.29, 1.82) is 0 Å². The van der Waals surface area contributed by atoms with E-state index in [1.807, 2.05) is 0 Å². The lowest BCUT2D eigenvalue weighted by atomic mass is 10.0. The van der Waals surface area contributed by atoms with Gasteiger partial charge in [0.05, 0.1) is 6.61 Å². The van der Waals surface area contributed by atoms with Crippen molar-refractivity contribution in [3.8, 4) is 0 Å². The molecular weight excluding hydrogens is 212 g/mol. The number of carbonyl (C=O) groups excluding carboxylic acids is 1. The van der Waals surface area contributed by atoms with Crippen molar-refractivity contribution in [2.45, 2.75) is 12.8 Å². The van der Waals surface area contributed by atoms with Crippen molar-refractivity contribution >= 4 is 16.5 Å². The lowest BCUT2D eigenvalue weighted by Gasteiger charge is -2.15. The van der Waals surface area contributed by atoms with Crippen LogP contribution >= 0.6 is 0 Å². The summed E-state index contributed by atoms with van der Waals surface area (Å²) in [4.78, 5) is 10.8. The molecule has 0 fully saturated rings. The Labute approximate surface area is 94.1 Å². The van der Waals surface area contributed by atoms with Gasteiger partial charge in [-0.05, 0) is 18.8 Å². The molecule has 0 aromatic heterocycles. The van der Waals surface area contributed by atoms with E-state index >= 15 is 0 Å². The second-order valence-corrected chi connectivity index (χ2v) is 3.84. The largest absolute Gasteiger partial charge is 0.463 e. The van der Waals surface area contributed by atoms with E-state index in [0.29, 0.717) is 19.1 Å². The molecule has 0 saturated heterocycles. The predicted molar refractivity (Wildman–Crippen MR) is 61.6 cm³/mol. The van der Waals surface area contributed by atoms with Crippen LogP contribution < -0.4 is 0 Å². The summed E-state index contributed by atoms with van der Waals surface area (Å²) in [5.41, 5.74) is 0. The molecule has 4 nitrogen and oxygen atoms in total. The van der Waals surface area contributed by atoms with Crippen LogP contribution in [0.25, 0.3) is 0 Å². The van der Waals surface area contributed by atoms with Crippen LogP contribution in [0.5, 0.6) is 0 Å². The van der Waals surface area contributed by atoms with Crippen LogP contribution in [0, 0.1) is 5.92 Å². The quantitative estimate of drug-likeness (QED) is 0.320. The van der Waals surface area contributed by atoms with Gasteiger partial charge in [-0.3, -0.25) is 0 Å². The van der Waals surface area contributed by atoms with Crippen LogP contribution in [0.4, 0.5) is 0 Å². The van der Waals surface area contributed by atoms with Gasteiger partial charge in [-0.2, -0.15) is 0 Å². The van der Waals surface area contributed by atoms with E-state index in [0.717, 1.165) is 29.9 Å². The van der Waals surface area contributed by atoms with Crippen LogP contribution in [-0.2, 0) is 18.7 Å². The van der Waals surface area contributed by atoms with Gasteiger partial charge in [0, 0.05) is 26.4 Å². The summed E-state index contributed by atoms with van der Waals surface area (Å²) < 4.78 is 15.1. The van der Waals surface area contributed by atoms with Crippen LogP contribution in [0.1, 0.15) is 12.8 Å². The molecule has 0 N–H and O–H groups in total. The second-order valence-electron chi connectivity index (χ2n) is 3.26. The highest BCUT2D eigenvalue weighted by Gasteiger charge is 2.09. The molecule has 0 heterocycles. The number of methoxy groups -OCH3 is 1. The van der Waals surface area contributed by atoms with Crippen molar-refractivity contribution in [3.05, 3.63) is 12.7 Å². The van der Waals surface area contributed by atoms with Gasteiger partial charge in [-0.15, -0.1) is 0 Å². The molecule has 0 bridgehead atoms. The average molecular weight is 232 g/mol. The first kappa shape index (κ1) is 14.3. The van der Waals surface area contributed by atoms with Gasteiger partial charge in [0.25, 0.3) is 0 Å². The van der Waals surface area contributed by atoms with Gasteiger partial charge in [0.2, 0.25) is 0 Å². The van der Waals surface area contributed by atoms with Gasteiger partial charge in [-0.1, -0.05) is 6.58 Å². The van der Waals surface area contributed by atoms with Gasteiger partial charge >= 0.3 is 5.97 Å². The summed E-state index contributed by atoms with van der Waals surface area (Å²) in [6, 6.07) is 0. The zero-order chi connectivity index (χ0) is 11.5. The fourth-order valence-electron chi connectivity index (χ4n) is 1.22. The molecule has 0 aliphatic carbocycles. The van der Waals surface area contributed by atoms with Crippen molar-refractivity contribution in [3.63, 3.8) is 0 Å². The molecule has 1 unspecified atom stereocenters. The predicted octanol–water partition coefficient (Wildman–Crippen LogP) is 0.0554. The highest BCUT2D eigenvalue weighted by Crippen LogP contribution is 2.09. The number of rotatable bonds is 9. The normalized spacial score (nSPS) is 12.3. The molecule has 0 spiro atoms. The van der Waals surface area contributed by atoms with Crippen LogP contribution in [0.3, 0.4) is 0 Å². The first-order chi connectivity index (χ1) is 7.24. The van der Waals surface area contributed by atoms with E-state index in [1.54, 1.807) is 7.11 Å². The Hall–Kier alpha value is -0.653. The standard InChI is InChI=1S/C10H20O4Si/c1-3-10(11)13-6-4-9(8-12-2)5-7-14-15/h3,9H,1,4-8H2,2,15H3. The maximum Gasteiger partial charge on any atom is 0.330 e. The van der Waals surface area contributed by atoms with E-state index in [4.69, 9.17) is 13.9 Å². The molecule has 15 heavy (non-hydrogen) atoms. The first-order valence-corrected chi connectivity index (χ1v) is 5.83. The SMILES string of the molecule is C=CC(=O)OCCC(CCO[SiH3])COC. The van der Waals surface area contributed by atoms with Gasteiger partial charge in [0.15, 0.2) is 0 Å². The molecule has 88 valence electrons. The third-order valence-corrected chi connectivity index (χ3v) is 2.48. The van der Waals surface area contributed by atoms with Gasteiger partial charge in [-0.25, -0.2) is 4.79 Å². The monoisotopic (exact) mass is 232 g/mol.